The standard InChI is InChI=1S/C39H71O8P/c1-3-5-7-9-11-13-15-17-19-21-23-25-27-29-31-33-38(40)45-35-37(36-46-48(42,43)44)47-39(41)34-32-30-28-26-24-22-20-18-16-14-12-10-8-6-4-2/h10,12,27,29,31,33,37H,3-9,11,13-26,28,30,32,34-36H2,1-2H3,(H2,42,43,44)/b12-10+,29-27+,33-31+/t37-/m1/s1. The van der Waals surface area contributed by atoms with Crippen molar-refractivity contribution in [3.63, 3.8) is 0 Å². The third-order valence-electron chi connectivity index (χ3n) is 8.23. The molecule has 0 aromatic carbocycles. The van der Waals surface area contributed by atoms with Crippen LogP contribution in [0.5, 0.6) is 0 Å². The molecule has 48 heavy (non-hydrogen) atoms. The van der Waals surface area contributed by atoms with E-state index in [-0.39, 0.29) is 13.0 Å². The van der Waals surface area contributed by atoms with Gasteiger partial charge in [0.2, 0.25) is 0 Å². The lowest BCUT2D eigenvalue weighted by Gasteiger charge is -2.18. The van der Waals surface area contributed by atoms with Crippen molar-refractivity contribution < 1.29 is 37.9 Å². The molecule has 0 rings (SSSR count). The van der Waals surface area contributed by atoms with E-state index in [2.05, 4.69) is 30.5 Å². The summed E-state index contributed by atoms with van der Waals surface area (Å²) in [6, 6.07) is 0. The van der Waals surface area contributed by atoms with Crippen molar-refractivity contribution in [2.24, 2.45) is 0 Å². The monoisotopic (exact) mass is 698 g/mol. The second-order valence-corrected chi connectivity index (χ2v) is 14.2. The van der Waals surface area contributed by atoms with E-state index in [0.29, 0.717) is 6.42 Å². The van der Waals surface area contributed by atoms with Gasteiger partial charge >= 0.3 is 19.8 Å². The van der Waals surface area contributed by atoms with Crippen molar-refractivity contribution >= 4 is 19.8 Å². The number of hydrogen-bond acceptors (Lipinski definition) is 6. The summed E-state index contributed by atoms with van der Waals surface area (Å²) in [4.78, 5) is 42.6. The van der Waals surface area contributed by atoms with Gasteiger partial charge in [-0.05, 0) is 38.5 Å². The first-order valence-electron chi connectivity index (χ1n) is 19.3. The topological polar surface area (TPSA) is 119 Å². The molecule has 280 valence electrons. The van der Waals surface area contributed by atoms with Crippen LogP contribution in [0.2, 0.25) is 0 Å². The number of carbonyl (C=O) groups excluding carboxylic acids is 2. The number of allylic oxidation sites excluding steroid dienone is 5. The first-order chi connectivity index (χ1) is 23.3. The van der Waals surface area contributed by atoms with E-state index >= 15 is 0 Å². The lowest BCUT2D eigenvalue weighted by Crippen LogP contribution is -2.29. The molecular weight excluding hydrogens is 627 g/mol. The molecule has 0 spiro atoms. The lowest BCUT2D eigenvalue weighted by molar-refractivity contribution is -0.159. The highest BCUT2D eigenvalue weighted by molar-refractivity contribution is 7.46. The normalized spacial score (nSPS) is 12.8. The Morgan fingerprint density at radius 3 is 1.56 bits per heavy atom. The molecule has 0 radical (unpaired) electrons. The average Bonchev–Trinajstić information content (AvgIpc) is 3.05. The maximum absolute atomic E-state index is 12.3. The molecule has 0 aliphatic rings. The van der Waals surface area contributed by atoms with E-state index in [1.165, 1.54) is 128 Å². The Balaban J connectivity index is 4.05. The number of phosphoric acid groups is 1. The molecular formula is C39H71O8P. The van der Waals surface area contributed by atoms with Crippen molar-refractivity contribution in [3.05, 3.63) is 36.5 Å². The summed E-state index contributed by atoms with van der Waals surface area (Å²) in [5.74, 6) is -1.14. The third kappa shape index (κ3) is 37.1. The van der Waals surface area contributed by atoms with Crippen LogP contribution in [-0.2, 0) is 28.2 Å². The number of rotatable bonds is 35. The van der Waals surface area contributed by atoms with Gasteiger partial charge in [-0.25, -0.2) is 9.36 Å². The van der Waals surface area contributed by atoms with Crippen LogP contribution >= 0.6 is 7.82 Å². The fourth-order valence-corrected chi connectivity index (χ4v) is 5.69. The van der Waals surface area contributed by atoms with Gasteiger partial charge in [0.25, 0.3) is 0 Å². The molecule has 0 fully saturated rings. The predicted octanol–water partition coefficient (Wildman–Crippen LogP) is 11.4. The molecule has 0 bridgehead atoms. The maximum Gasteiger partial charge on any atom is 0.469 e. The number of carbonyl (C=O) groups is 2. The molecule has 0 saturated heterocycles. The minimum atomic E-state index is -4.77. The van der Waals surface area contributed by atoms with Crippen molar-refractivity contribution in [2.75, 3.05) is 13.2 Å². The van der Waals surface area contributed by atoms with E-state index in [1.807, 2.05) is 6.08 Å². The molecule has 0 unspecified atom stereocenters. The van der Waals surface area contributed by atoms with E-state index in [0.717, 1.165) is 32.1 Å². The van der Waals surface area contributed by atoms with Crippen LogP contribution in [0.4, 0.5) is 0 Å². The van der Waals surface area contributed by atoms with Gasteiger partial charge in [-0.15, -0.1) is 0 Å². The van der Waals surface area contributed by atoms with Crippen LogP contribution in [0.15, 0.2) is 36.5 Å². The largest absolute Gasteiger partial charge is 0.469 e. The first kappa shape index (κ1) is 46.3. The summed E-state index contributed by atoms with van der Waals surface area (Å²) >= 11 is 0. The average molecular weight is 699 g/mol. The smallest absolute Gasteiger partial charge is 0.458 e. The molecule has 0 amide bonds. The molecule has 0 aromatic heterocycles. The summed E-state index contributed by atoms with van der Waals surface area (Å²) in [6.45, 7) is 3.54. The highest BCUT2D eigenvalue weighted by Crippen LogP contribution is 2.36. The van der Waals surface area contributed by atoms with Gasteiger partial charge < -0.3 is 19.3 Å². The van der Waals surface area contributed by atoms with Gasteiger partial charge in [-0.1, -0.05) is 166 Å². The zero-order chi connectivity index (χ0) is 35.4. The van der Waals surface area contributed by atoms with Gasteiger partial charge in [0, 0.05) is 12.5 Å². The molecule has 1 atom stereocenters. The van der Waals surface area contributed by atoms with Gasteiger partial charge in [-0.3, -0.25) is 9.32 Å². The van der Waals surface area contributed by atoms with Gasteiger partial charge in [0.05, 0.1) is 6.61 Å². The summed E-state index contributed by atoms with van der Waals surface area (Å²) < 4.78 is 26.1. The van der Waals surface area contributed by atoms with Crippen molar-refractivity contribution in [3.8, 4) is 0 Å². The molecule has 0 aromatic rings. The summed E-state index contributed by atoms with van der Waals surface area (Å²) in [6.07, 6.45) is 40.6. The summed E-state index contributed by atoms with van der Waals surface area (Å²) in [5, 5.41) is 0. The van der Waals surface area contributed by atoms with Crippen LogP contribution in [0, 0.1) is 0 Å². The molecule has 0 saturated carbocycles. The first-order valence-corrected chi connectivity index (χ1v) is 20.9. The summed E-state index contributed by atoms with van der Waals surface area (Å²) in [7, 11) is -4.77. The molecule has 0 heterocycles. The lowest BCUT2D eigenvalue weighted by atomic mass is 10.1. The number of esters is 2. The van der Waals surface area contributed by atoms with Crippen LogP contribution < -0.4 is 0 Å². The number of hydrogen-bond donors (Lipinski definition) is 2. The number of phosphoric ester groups is 1. The number of unbranched alkanes of at least 4 members (excludes halogenated alkanes) is 22. The van der Waals surface area contributed by atoms with Crippen LogP contribution in [0.3, 0.4) is 0 Å². The molecule has 2 N–H and O–H groups in total. The van der Waals surface area contributed by atoms with Crippen LogP contribution in [0.25, 0.3) is 0 Å². The van der Waals surface area contributed by atoms with Crippen molar-refractivity contribution in [1.82, 2.24) is 0 Å². The molecule has 0 aliphatic heterocycles. The SMILES string of the molecule is CCCC/C=C/CCCCCCCCCCCC(=O)O[C@H](COC(=O)/C=C/C=C/CCCCCCCCCCCCC)COP(=O)(O)O. The second-order valence-electron chi connectivity index (χ2n) is 13.0. The Labute approximate surface area is 293 Å². The second kappa shape index (κ2) is 35.1. The minimum absolute atomic E-state index is 0.190. The maximum atomic E-state index is 12.3. The Kier molecular flexibility index (Phi) is 33.8. The Morgan fingerprint density at radius 1 is 0.583 bits per heavy atom. The Bertz CT molecular complexity index is 879. The zero-order valence-corrected chi connectivity index (χ0v) is 31.5. The highest BCUT2D eigenvalue weighted by Gasteiger charge is 2.22. The van der Waals surface area contributed by atoms with E-state index in [9.17, 15) is 14.2 Å². The number of ether oxygens (including phenoxy) is 2. The van der Waals surface area contributed by atoms with Crippen molar-refractivity contribution in [1.29, 1.82) is 0 Å². The predicted molar refractivity (Wildman–Crippen MR) is 198 cm³/mol. The Morgan fingerprint density at radius 2 is 1.04 bits per heavy atom. The van der Waals surface area contributed by atoms with Crippen LogP contribution in [-0.4, -0.2) is 41.0 Å². The highest BCUT2D eigenvalue weighted by atomic mass is 31.2. The van der Waals surface area contributed by atoms with E-state index < -0.39 is 32.5 Å². The van der Waals surface area contributed by atoms with Crippen molar-refractivity contribution in [2.45, 2.75) is 187 Å². The molecule has 0 aliphatic carbocycles. The van der Waals surface area contributed by atoms with Gasteiger partial charge in [-0.2, -0.15) is 0 Å². The Hall–Kier alpha value is -1.73. The fraction of sp³-hybridized carbons (Fsp3) is 0.795. The van der Waals surface area contributed by atoms with E-state index in [4.69, 9.17) is 19.3 Å². The fourth-order valence-electron chi connectivity index (χ4n) is 5.33. The quantitative estimate of drug-likeness (QED) is 0.0168. The minimum Gasteiger partial charge on any atom is -0.458 e. The van der Waals surface area contributed by atoms with Gasteiger partial charge in [0.1, 0.15) is 6.61 Å². The summed E-state index contributed by atoms with van der Waals surface area (Å²) in [5.41, 5.74) is 0. The van der Waals surface area contributed by atoms with E-state index in [1.54, 1.807) is 12.2 Å². The van der Waals surface area contributed by atoms with Crippen LogP contribution in [0.1, 0.15) is 181 Å². The van der Waals surface area contributed by atoms with Gasteiger partial charge in [0.15, 0.2) is 6.10 Å². The molecule has 8 nitrogen and oxygen atoms in total. The zero-order valence-electron chi connectivity index (χ0n) is 30.6. The third-order valence-corrected chi connectivity index (χ3v) is 8.72. The molecule has 9 heteroatoms.